The number of aliphatic hydroxyl groups is 1. The predicted octanol–water partition coefficient (Wildman–Crippen LogP) is 8.58. The van der Waals surface area contributed by atoms with Gasteiger partial charge in [-0.2, -0.15) is 13.2 Å². The monoisotopic (exact) mass is 507 g/mol. The zero-order chi connectivity index (χ0) is 25.8. The molecule has 5 heteroatoms. The van der Waals surface area contributed by atoms with Gasteiger partial charge in [-0.25, -0.2) is 0 Å². The zero-order valence-electron chi connectivity index (χ0n) is 22.5. The summed E-state index contributed by atoms with van der Waals surface area (Å²) in [7, 11) is 0. The van der Waals surface area contributed by atoms with E-state index in [1.54, 1.807) is 12.1 Å². The van der Waals surface area contributed by atoms with Crippen LogP contribution in [0.25, 0.3) is 0 Å². The summed E-state index contributed by atoms with van der Waals surface area (Å²) < 4.78 is 39.9. The lowest BCUT2D eigenvalue weighted by atomic mass is 9.70. The molecule has 0 aliphatic heterocycles. The van der Waals surface area contributed by atoms with E-state index in [0.717, 1.165) is 56.2 Å². The van der Waals surface area contributed by atoms with Crippen molar-refractivity contribution in [3.8, 4) is 0 Å². The number of hydrogen-bond acceptors (Lipinski definition) is 2. The summed E-state index contributed by atoms with van der Waals surface area (Å²) >= 11 is 0. The van der Waals surface area contributed by atoms with Crippen LogP contribution in [-0.2, 0) is 6.18 Å². The van der Waals surface area contributed by atoms with E-state index in [1.807, 2.05) is 13.8 Å². The molecule has 0 amide bonds. The summed E-state index contributed by atoms with van der Waals surface area (Å²) in [6.45, 7) is 6.05. The van der Waals surface area contributed by atoms with E-state index in [0.29, 0.717) is 12.0 Å². The van der Waals surface area contributed by atoms with Crippen molar-refractivity contribution in [2.75, 3.05) is 13.1 Å². The average molecular weight is 508 g/mol. The van der Waals surface area contributed by atoms with Gasteiger partial charge in [0, 0.05) is 19.1 Å². The Balaban J connectivity index is 1.59. The highest BCUT2D eigenvalue weighted by Crippen LogP contribution is 2.44. The van der Waals surface area contributed by atoms with Crippen molar-refractivity contribution in [3.63, 3.8) is 0 Å². The maximum Gasteiger partial charge on any atom is 0.416 e. The lowest BCUT2D eigenvalue weighted by Gasteiger charge is -2.46. The molecule has 0 bridgehead atoms. The van der Waals surface area contributed by atoms with Gasteiger partial charge < -0.3 is 5.11 Å². The minimum atomic E-state index is -4.30. The first-order valence-electron chi connectivity index (χ1n) is 14.7. The van der Waals surface area contributed by atoms with E-state index in [2.05, 4.69) is 4.90 Å². The third-order valence-corrected chi connectivity index (χ3v) is 9.28. The Morgan fingerprint density at radius 3 is 1.75 bits per heavy atom. The van der Waals surface area contributed by atoms with Gasteiger partial charge in [-0.05, 0) is 107 Å². The molecule has 0 heterocycles. The predicted molar refractivity (Wildman–Crippen MR) is 141 cm³/mol. The molecule has 204 valence electrons. The van der Waals surface area contributed by atoms with Crippen molar-refractivity contribution in [2.45, 2.75) is 127 Å². The summed E-state index contributed by atoms with van der Waals surface area (Å²) in [6, 6.07) is 6.42. The highest BCUT2D eigenvalue weighted by molar-refractivity contribution is 5.29. The first-order valence-corrected chi connectivity index (χ1v) is 14.7. The molecule has 0 radical (unpaired) electrons. The lowest BCUT2D eigenvalue weighted by Crippen LogP contribution is -2.48. The SMILES string of the molecule is CC(C)(O)CC1CCC(N(CC2CCCCC2)CC2CCCCC2)C(c2ccc(C(F)(F)F)cc2)C1. The van der Waals surface area contributed by atoms with Crippen molar-refractivity contribution in [1.29, 1.82) is 0 Å². The molecule has 1 aromatic carbocycles. The van der Waals surface area contributed by atoms with E-state index in [9.17, 15) is 18.3 Å². The molecule has 3 aliphatic rings. The van der Waals surface area contributed by atoms with Crippen molar-refractivity contribution in [1.82, 2.24) is 4.90 Å². The van der Waals surface area contributed by atoms with Crippen LogP contribution in [0.1, 0.15) is 121 Å². The summed E-state index contributed by atoms with van der Waals surface area (Å²) in [5.74, 6) is 2.13. The average Bonchev–Trinajstić information content (AvgIpc) is 2.83. The van der Waals surface area contributed by atoms with Crippen LogP contribution in [-0.4, -0.2) is 34.7 Å². The second-order valence-electron chi connectivity index (χ2n) is 13.0. The summed E-state index contributed by atoms with van der Waals surface area (Å²) in [5, 5.41) is 10.5. The molecule has 4 rings (SSSR count). The van der Waals surface area contributed by atoms with Crippen LogP contribution >= 0.6 is 0 Å². The maximum atomic E-state index is 13.3. The molecule has 1 aromatic rings. The van der Waals surface area contributed by atoms with E-state index in [-0.39, 0.29) is 5.92 Å². The van der Waals surface area contributed by atoms with Crippen molar-refractivity contribution < 1.29 is 18.3 Å². The van der Waals surface area contributed by atoms with Gasteiger partial charge in [0.1, 0.15) is 0 Å². The zero-order valence-corrected chi connectivity index (χ0v) is 22.5. The van der Waals surface area contributed by atoms with E-state index in [1.165, 1.54) is 76.3 Å². The molecule has 2 nitrogen and oxygen atoms in total. The van der Waals surface area contributed by atoms with Gasteiger partial charge in [0.05, 0.1) is 11.2 Å². The Bertz CT molecular complexity index is 768. The molecular formula is C31H48F3NO. The van der Waals surface area contributed by atoms with E-state index >= 15 is 0 Å². The largest absolute Gasteiger partial charge is 0.416 e. The van der Waals surface area contributed by atoms with Gasteiger partial charge in [0.25, 0.3) is 0 Å². The Morgan fingerprint density at radius 2 is 1.28 bits per heavy atom. The third kappa shape index (κ3) is 7.96. The van der Waals surface area contributed by atoms with E-state index in [4.69, 9.17) is 0 Å². The number of rotatable bonds is 8. The molecule has 0 aromatic heterocycles. The topological polar surface area (TPSA) is 23.5 Å². The van der Waals surface area contributed by atoms with Crippen LogP contribution < -0.4 is 0 Å². The van der Waals surface area contributed by atoms with Gasteiger partial charge >= 0.3 is 6.18 Å². The molecule has 1 N–H and O–H groups in total. The van der Waals surface area contributed by atoms with Crippen molar-refractivity contribution in [2.24, 2.45) is 17.8 Å². The Kier molecular flexibility index (Phi) is 9.47. The van der Waals surface area contributed by atoms with Crippen LogP contribution in [0.4, 0.5) is 13.2 Å². The van der Waals surface area contributed by atoms with Gasteiger partial charge in [-0.15, -0.1) is 0 Å². The molecule has 36 heavy (non-hydrogen) atoms. The molecule has 3 atom stereocenters. The first-order chi connectivity index (χ1) is 17.1. The second kappa shape index (κ2) is 12.2. The quantitative estimate of drug-likeness (QED) is 0.381. The van der Waals surface area contributed by atoms with Crippen molar-refractivity contribution >= 4 is 0 Å². The van der Waals surface area contributed by atoms with Crippen LogP contribution in [0.3, 0.4) is 0 Å². The fourth-order valence-corrected chi connectivity index (χ4v) is 7.60. The highest BCUT2D eigenvalue weighted by atomic mass is 19.4. The Labute approximate surface area is 217 Å². The van der Waals surface area contributed by atoms with Crippen molar-refractivity contribution in [3.05, 3.63) is 35.4 Å². The Morgan fingerprint density at radius 1 is 0.750 bits per heavy atom. The van der Waals surface area contributed by atoms with Crippen LogP contribution in [0, 0.1) is 17.8 Å². The maximum absolute atomic E-state index is 13.3. The fraction of sp³-hybridized carbons (Fsp3) is 0.806. The third-order valence-electron chi connectivity index (χ3n) is 9.28. The molecule has 3 unspecified atom stereocenters. The minimum absolute atomic E-state index is 0.223. The summed E-state index contributed by atoms with van der Waals surface area (Å²) in [4.78, 5) is 2.80. The Hall–Kier alpha value is -1.07. The second-order valence-corrected chi connectivity index (χ2v) is 13.0. The summed E-state index contributed by atoms with van der Waals surface area (Å²) in [5.41, 5.74) is -0.231. The number of hydrogen-bond donors (Lipinski definition) is 1. The van der Waals surface area contributed by atoms with Gasteiger partial charge in [0.2, 0.25) is 0 Å². The fourth-order valence-electron chi connectivity index (χ4n) is 7.60. The normalized spacial score (nSPS) is 27.5. The molecule has 3 fully saturated rings. The lowest BCUT2D eigenvalue weighted by molar-refractivity contribution is -0.137. The van der Waals surface area contributed by atoms with Crippen LogP contribution in [0.15, 0.2) is 24.3 Å². The first kappa shape index (κ1) is 28.0. The van der Waals surface area contributed by atoms with Gasteiger partial charge in [0.15, 0.2) is 0 Å². The minimum Gasteiger partial charge on any atom is -0.390 e. The summed E-state index contributed by atoms with van der Waals surface area (Å²) in [6.07, 6.45) is 12.9. The highest BCUT2D eigenvalue weighted by Gasteiger charge is 2.39. The van der Waals surface area contributed by atoms with Gasteiger partial charge in [-0.3, -0.25) is 4.90 Å². The van der Waals surface area contributed by atoms with Crippen LogP contribution in [0.5, 0.6) is 0 Å². The molecule has 0 spiro atoms. The number of nitrogens with zero attached hydrogens (tertiary/aromatic N) is 1. The molecule has 0 saturated heterocycles. The smallest absolute Gasteiger partial charge is 0.390 e. The standard InChI is InChI=1S/C31H48F3NO/c1-30(2,36)20-25-13-18-29(28(19-25)26-14-16-27(17-15-26)31(32,33)34)35(21-23-9-5-3-6-10-23)22-24-11-7-4-8-12-24/h14-17,23-25,28-29,36H,3-13,18-22H2,1-2H3. The van der Waals surface area contributed by atoms with E-state index < -0.39 is 17.3 Å². The van der Waals surface area contributed by atoms with Gasteiger partial charge in [-0.1, -0.05) is 50.7 Å². The number of halogens is 3. The number of alkyl halides is 3. The molecule has 3 saturated carbocycles. The molecule has 3 aliphatic carbocycles. The number of benzene rings is 1. The van der Waals surface area contributed by atoms with Crippen LogP contribution in [0.2, 0.25) is 0 Å². The molecular weight excluding hydrogens is 459 g/mol.